The summed E-state index contributed by atoms with van der Waals surface area (Å²) in [4.78, 5) is 11.8. The Morgan fingerprint density at radius 3 is 3.26 bits per heavy atom. The first-order chi connectivity index (χ1) is 9.19. The normalized spacial score (nSPS) is 20.4. The molecular formula is C13H22N4O2. The van der Waals surface area contributed by atoms with Crippen LogP contribution in [0.1, 0.15) is 26.2 Å². The molecule has 1 saturated heterocycles. The van der Waals surface area contributed by atoms with Gasteiger partial charge in [-0.3, -0.25) is 9.48 Å². The molecule has 0 radical (unpaired) electrons. The van der Waals surface area contributed by atoms with Crippen LogP contribution in [0.3, 0.4) is 0 Å². The molecule has 1 aromatic rings. The molecule has 2 heterocycles. The lowest BCUT2D eigenvalue weighted by molar-refractivity contribution is -0.119. The van der Waals surface area contributed by atoms with Gasteiger partial charge in [0.15, 0.2) is 0 Å². The standard InChI is InChI=1S/C13H22N4O2/c1-10(4-5-14)13(18)16-11-7-15-17(8-11)9-12-3-2-6-19-12/h7-8,10,12H,2-6,9,14H2,1H3,(H,16,18). The third-order valence-corrected chi connectivity index (χ3v) is 3.36. The highest BCUT2D eigenvalue weighted by Crippen LogP contribution is 2.15. The predicted molar refractivity (Wildman–Crippen MR) is 72.7 cm³/mol. The molecule has 0 aromatic carbocycles. The highest BCUT2D eigenvalue weighted by molar-refractivity contribution is 5.91. The number of aromatic nitrogens is 2. The van der Waals surface area contributed by atoms with E-state index in [-0.39, 0.29) is 17.9 Å². The fourth-order valence-corrected chi connectivity index (χ4v) is 2.17. The van der Waals surface area contributed by atoms with Gasteiger partial charge < -0.3 is 15.8 Å². The van der Waals surface area contributed by atoms with Crippen molar-refractivity contribution in [1.29, 1.82) is 0 Å². The molecule has 6 nitrogen and oxygen atoms in total. The number of hydrogen-bond donors (Lipinski definition) is 2. The second-order valence-electron chi connectivity index (χ2n) is 5.05. The van der Waals surface area contributed by atoms with Gasteiger partial charge in [-0.2, -0.15) is 5.10 Å². The molecule has 0 saturated carbocycles. The van der Waals surface area contributed by atoms with Gasteiger partial charge in [0, 0.05) is 18.7 Å². The van der Waals surface area contributed by atoms with Gasteiger partial charge in [-0.05, 0) is 25.8 Å². The van der Waals surface area contributed by atoms with Crippen LogP contribution in [0.25, 0.3) is 0 Å². The third-order valence-electron chi connectivity index (χ3n) is 3.36. The van der Waals surface area contributed by atoms with Crippen molar-refractivity contribution in [2.45, 2.75) is 38.8 Å². The summed E-state index contributed by atoms with van der Waals surface area (Å²) < 4.78 is 7.37. The van der Waals surface area contributed by atoms with E-state index in [2.05, 4.69) is 10.4 Å². The van der Waals surface area contributed by atoms with Gasteiger partial charge in [-0.25, -0.2) is 0 Å². The van der Waals surface area contributed by atoms with Crippen LogP contribution in [0, 0.1) is 5.92 Å². The van der Waals surface area contributed by atoms with Crippen molar-refractivity contribution < 1.29 is 9.53 Å². The fourth-order valence-electron chi connectivity index (χ4n) is 2.17. The van der Waals surface area contributed by atoms with E-state index in [1.165, 1.54) is 0 Å². The minimum atomic E-state index is -0.0773. The molecule has 2 unspecified atom stereocenters. The van der Waals surface area contributed by atoms with Crippen LogP contribution in [0.2, 0.25) is 0 Å². The van der Waals surface area contributed by atoms with Crippen LogP contribution in [-0.2, 0) is 16.1 Å². The van der Waals surface area contributed by atoms with Crippen molar-refractivity contribution in [2.75, 3.05) is 18.5 Å². The summed E-state index contributed by atoms with van der Waals surface area (Å²) in [5.74, 6) is -0.0892. The lowest BCUT2D eigenvalue weighted by Crippen LogP contribution is -2.22. The molecule has 3 N–H and O–H groups in total. The number of anilines is 1. The Morgan fingerprint density at radius 1 is 1.74 bits per heavy atom. The minimum Gasteiger partial charge on any atom is -0.376 e. The predicted octanol–water partition coefficient (Wildman–Crippen LogP) is 0.985. The monoisotopic (exact) mass is 266 g/mol. The Bertz CT molecular complexity index is 413. The summed E-state index contributed by atoms with van der Waals surface area (Å²) in [6.07, 6.45) is 6.65. The lowest BCUT2D eigenvalue weighted by atomic mass is 10.1. The zero-order valence-electron chi connectivity index (χ0n) is 11.3. The number of nitrogens with two attached hydrogens (primary N) is 1. The summed E-state index contributed by atoms with van der Waals surface area (Å²) in [6, 6.07) is 0. The molecule has 1 fully saturated rings. The number of nitrogens with one attached hydrogen (secondary N) is 1. The molecular weight excluding hydrogens is 244 g/mol. The van der Waals surface area contributed by atoms with E-state index in [1.807, 2.05) is 17.8 Å². The van der Waals surface area contributed by atoms with Gasteiger partial charge in [0.25, 0.3) is 0 Å². The molecule has 0 spiro atoms. The summed E-state index contributed by atoms with van der Waals surface area (Å²) >= 11 is 0. The van der Waals surface area contributed by atoms with Gasteiger partial charge in [0.2, 0.25) is 5.91 Å². The topological polar surface area (TPSA) is 82.2 Å². The van der Waals surface area contributed by atoms with Crippen molar-refractivity contribution >= 4 is 11.6 Å². The highest BCUT2D eigenvalue weighted by atomic mass is 16.5. The van der Waals surface area contributed by atoms with Crippen LogP contribution in [-0.4, -0.2) is 34.9 Å². The number of carbonyl (C=O) groups excluding carboxylic acids is 1. The molecule has 1 aromatic heterocycles. The van der Waals surface area contributed by atoms with Crippen molar-refractivity contribution in [1.82, 2.24) is 9.78 Å². The smallest absolute Gasteiger partial charge is 0.227 e. The van der Waals surface area contributed by atoms with E-state index in [1.54, 1.807) is 6.20 Å². The first-order valence-electron chi connectivity index (χ1n) is 6.84. The summed E-state index contributed by atoms with van der Waals surface area (Å²) in [5.41, 5.74) is 6.17. The van der Waals surface area contributed by atoms with Crippen LogP contribution in [0.4, 0.5) is 5.69 Å². The zero-order valence-corrected chi connectivity index (χ0v) is 11.3. The van der Waals surface area contributed by atoms with Gasteiger partial charge in [-0.15, -0.1) is 0 Å². The maximum atomic E-state index is 11.8. The molecule has 2 atom stereocenters. The summed E-state index contributed by atoms with van der Waals surface area (Å²) in [5, 5.41) is 7.09. The Labute approximate surface area is 113 Å². The van der Waals surface area contributed by atoms with Crippen LogP contribution in [0.5, 0.6) is 0 Å². The lowest BCUT2D eigenvalue weighted by Gasteiger charge is -2.10. The number of nitrogens with zero attached hydrogens (tertiary/aromatic N) is 2. The van der Waals surface area contributed by atoms with Crippen LogP contribution < -0.4 is 11.1 Å². The molecule has 0 bridgehead atoms. The van der Waals surface area contributed by atoms with E-state index in [0.717, 1.165) is 31.7 Å². The van der Waals surface area contributed by atoms with E-state index in [0.29, 0.717) is 13.0 Å². The first-order valence-corrected chi connectivity index (χ1v) is 6.84. The highest BCUT2D eigenvalue weighted by Gasteiger charge is 2.17. The molecule has 106 valence electrons. The maximum Gasteiger partial charge on any atom is 0.227 e. The summed E-state index contributed by atoms with van der Waals surface area (Å²) in [6.45, 7) is 3.98. The minimum absolute atomic E-state index is 0.0119. The van der Waals surface area contributed by atoms with E-state index < -0.39 is 0 Å². The van der Waals surface area contributed by atoms with Gasteiger partial charge in [-0.1, -0.05) is 6.92 Å². The molecule has 2 rings (SSSR count). The molecule has 0 aliphatic carbocycles. The maximum absolute atomic E-state index is 11.8. The van der Waals surface area contributed by atoms with Crippen LogP contribution in [0.15, 0.2) is 12.4 Å². The van der Waals surface area contributed by atoms with Crippen LogP contribution >= 0.6 is 0 Å². The SMILES string of the molecule is CC(CCN)C(=O)Nc1cnn(CC2CCCO2)c1. The fraction of sp³-hybridized carbons (Fsp3) is 0.692. The average Bonchev–Trinajstić information content (AvgIpc) is 3.02. The third kappa shape index (κ3) is 4.04. The van der Waals surface area contributed by atoms with E-state index in [9.17, 15) is 4.79 Å². The number of ether oxygens (including phenoxy) is 1. The Morgan fingerprint density at radius 2 is 2.58 bits per heavy atom. The van der Waals surface area contributed by atoms with E-state index >= 15 is 0 Å². The molecule has 6 heteroatoms. The molecule has 1 aliphatic heterocycles. The molecule has 1 amide bonds. The quantitative estimate of drug-likeness (QED) is 0.804. The average molecular weight is 266 g/mol. The first kappa shape index (κ1) is 14.0. The van der Waals surface area contributed by atoms with Gasteiger partial charge in [0.05, 0.1) is 24.5 Å². The second-order valence-corrected chi connectivity index (χ2v) is 5.05. The second kappa shape index (κ2) is 6.68. The van der Waals surface area contributed by atoms with Crippen molar-refractivity contribution in [2.24, 2.45) is 11.7 Å². The van der Waals surface area contributed by atoms with Crippen molar-refractivity contribution in [3.63, 3.8) is 0 Å². The van der Waals surface area contributed by atoms with E-state index in [4.69, 9.17) is 10.5 Å². The summed E-state index contributed by atoms with van der Waals surface area (Å²) in [7, 11) is 0. The number of hydrogen-bond acceptors (Lipinski definition) is 4. The van der Waals surface area contributed by atoms with Gasteiger partial charge >= 0.3 is 0 Å². The van der Waals surface area contributed by atoms with Crippen molar-refractivity contribution in [3.05, 3.63) is 12.4 Å². The number of amides is 1. The van der Waals surface area contributed by atoms with Gasteiger partial charge in [0.1, 0.15) is 0 Å². The Kier molecular flexibility index (Phi) is 4.93. The molecule has 19 heavy (non-hydrogen) atoms. The number of carbonyl (C=O) groups is 1. The largest absolute Gasteiger partial charge is 0.376 e. The Hall–Kier alpha value is -1.40. The van der Waals surface area contributed by atoms with Crippen molar-refractivity contribution in [3.8, 4) is 0 Å². The number of rotatable bonds is 6. The molecule has 1 aliphatic rings. The zero-order chi connectivity index (χ0) is 13.7. The Balaban J connectivity index is 1.84.